The van der Waals surface area contributed by atoms with Gasteiger partial charge in [-0.05, 0) is 64.2 Å². The summed E-state index contributed by atoms with van der Waals surface area (Å²) in [6.45, 7) is 8.29. The fourth-order valence-corrected chi connectivity index (χ4v) is 4.57. The fraction of sp³-hybridized carbons (Fsp3) is 0.444. The highest BCUT2D eigenvalue weighted by Crippen LogP contribution is 2.42. The maximum absolute atomic E-state index is 15.5. The molecule has 0 bridgehead atoms. The van der Waals surface area contributed by atoms with Crippen LogP contribution in [0, 0.1) is 0 Å². The second-order valence-corrected chi connectivity index (χ2v) is 9.21. The normalized spacial score (nSPS) is 20.0. The van der Waals surface area contributed by atoms with Crippen LogP contribution in [0.2, 0.25) is 0 Å². The molecule has 3 heterocycles. The first-order valence-electron chi connectivity index (χ1n) is 8.33. The van der Waals surface area contributed by atoms with Crippen LogP contribution < -0.4 is 5.73 Å². The molecule has 0 spiro atoms. The van der Waals surface area contributed by atoms with E-state index in [-0.39, 0.29) is 5.73 Å². The van der Waals surface area contributed by atoms with Gasteiger partial charge in [-0.1, -0.05) is 6.07 Å². The zero-order valence-electron chi connectivity index (χ0n) is 15.0. The molecular formula is C18H23BFNO2S2. The highest BCUT2D eigenvalue weighted by atomic mass is 32.1. The maximum atomic E-state index is 15.5. The molecular weight excluding hydrogens is 356 g/mol. The van der Waals surface area contributed by atoms with Gasteiger partial charge in [0.15, 0.2) is 0 Å². The summed E-state index contributed by atoms with van der Waals surface area (Å²) in [6, 6.07) is 7.81. The van der Waals surface area contributed by atoms with Crippen molar-refractivity contribution in [3.63, 3.8) is 0 Å². The molecule has 7 heteroatoms. The number of nitrogens with two attached hydrogens (primary N) is 1. The zero-order valence-corrected chi connectivity index (χ0v) is 16.6. The summed E-state index contributed by atoms with van der Waals surface area (Å²) in [7, 11) is -0.998. The monoisotopic (exact) mass is 379 g/mol. The van der Waals surface area contributed by atoms with E-state index in [1.807, 2.05) is 57.3 Å². The van der Waals surface area contributed by atoms with Crippen molar-refractivity contribution in [2.24, 2.45) is 5.73 Å². The fourth-order valence-electron chi connectivity index (χ4n) is 2.63. The molecule has 1 saturated heterocycles. The van der Waals surface area contributed by atoms with E-state index >= 15 is 4.39 Å². The average molecular weight is 379 g/mol. The molecule has 1 aliphatic rings. The minimum absolute atomic E-state index is 0.373. The number of rotatable bonds is 5. The number of halogens is 1. The average Bonchev–Trinajstić information content (AvgIpc) is 3.22. The largest absolute Gasteiger partial charge is 0.525 e. The first kappa shape index (κ1) is 18.8. The number of thiophene rings is 2. The minimum Gasteiger partial charge on any atom is -0.398 e. The van der Waals surface area contributed by atoms with Crippen LogP contribution in [0.1, 0.15) is 42.3 Å². The Morgan fingerprint density at radius 1 is 1.12 bits per heavy atom. The van der Waals surface area contributed by atoms with E-state index in [4.69, 9.17) is 15.0 Å². The molecule has 0 aromatic carbocycles. The number of hydrogen-bond acceptors (Lipinski definition) is 5. The van der Waals surface area contributed by atoms with Crippen molar-refractivity contribution in [3.8, 4) is 0 Å². The molecule has 3 nitrogen and oxygen atoms in total. The summed E-state index contributed by atoms with van der Waals surface area (Å²) in [5, 5.41) is 1.95. The Morgan fingerprint density at radius 3 is 2.36 bits per heavy atom. The predicted octanol–water partition coefficient (Wildman–Crippen LogP) is 4.67. The SMILES string of the molecule is CC1(C)OB(C(F)=C(c2cccs2)c2ccc(CCN)s2)OC1(C)C. The summed E-state index contributed by atoms with van der Waals surface area (Å²) in [5.74, 6) is 0. The molecule has 0 amide bonds. The second kappa shape index (κ2) is 6.97. The quantitative estimate of drug-likeness (QED) is 0.768. The van der Waals surface area contributed by atoms with Gasteiger partial charge in [-0.15, -0.1) is 22.7 Å². The van der Waals surface area contributed by atoms with Gasteiger partial charge in [-0.3, -0.25) is 0 Å². The first-order chi connectivity index (χ1) is 11.7. The smallest absolute Gasteiger partial charge is 0.398 e. The lowest BCUT2D eigenvalue weighted by atomic mass is 9.84. The third-order valence-corrected chi connectivity index (χ3v) is 6.82. The van der Waals surface area contributed by atoms with Crippen molar-refractivity contribution in [2.45, 2.75) is 45.3 Å². The Bertz CT molecular complexity index is 752. The standard InChI is InChI=1S/C18H23BFNO2S2/c1-17(2)18(3,4)23-19(22-17)16(20)15(13-6-5-11-24-13)14-8-7-12(25-14)9-10-21/h5-8,11H,9-10,21H2,1-4H3. The second-order valence-electron chi connectivity index (χ2n) is 7.09. The van der Waals surface area contributed by atoms with Gasteiger partial charge in [0.05, 0.1) is 11.2 Å². The molecule has 2 aromatic rings. The van der Waals surface area contributed by atoms with E-state index < -0.39 is 18.3 Å². The third-order valence-electron chi connectivity index (χ3n) is 4.77. The van der Waals surface area contributed by atoms with Gasteiger partial charge in [-0.25, -0.2) is 4.39 Å². The highest BCUT2D eigenvalue weighted by Gasteiger charge is 2.53. The summed E-state index contributed by atoms with van der Waals surface area (Å²) in [6.07, 6.45) is 0.792. The lowest BCUT2D eigenvalue weighted by molar-refractivity contribution is 0.00578. The summed E-state index contributed by atoms with van der Waals surface area (Å²) in [5.41, 5.74) is 4.68. The molecule has 134 valence electrons. The van der Waals surface area contributed by atoms with Gasteiger partial charge in [-0.2, -0.15) is 0 Å². The van der Waals surface area contributed by atoms with E-state index in [1.165, 1.54) is 11.3 Å². The van der Waals surface area contributed by atoms with Crippen molar-refractivity contribution in [1.82, 2.24) is 0 Å². The van der Waals surface area contributed by atoms with Gasteiger partial charge in [0.25, 0.3) is 0 Å². The Kier molecular flexibility index (Phi) is 5.24. The summed E-state index contributed by atoms with van der Waals surface area (Å²) in [4.78, 5) is 2.89. The highest BCUT2D eigenvalue weighted by molar-refractivity contribution is 7.15. The van der Waals surface area contributed by atoms with E-state index in [0.29, 0.717) is 12.1 Å². The van der Waals surface area contributed by atoms with Crippen LogP contribution in [0.25, 0.3) is 5.57 Å². The molecule has 2 N–H and O–H groups in total. The van der Waals surface area contributed by atoms with Crippen molar-refractivity contribution in [3.05, 3.63) is 50.0 Å². The molecule has 0 aliphatic carbocycles. The Morgan fingerprint density at radius 2 is 1.80 bits per heavy atom. The van der Waals surface area contributed by atoms with Gasteiger partial charge in [0.1, 0.15) is 5.73 Å². The van der Waals surface area contributed by atoms with Crippen molar-refractivity contribution in [2.75, 3.05) is 6.54 Å². The molecule has 0 atom stereocenters. The van der Waals surface area contributed by atoms with Crippen LogP contribution >= 0.6 is 22.7 Å². The lowest BCUT2D eigenvalue weighted by Gasteiger charge is -2.32. The molecule has 2 aromatic heterocycles. The van der Waals surface area contributed by atoms with Crippen LogP contribution in [0.5, 0.6) is 0 Å². The van der Waals surface area contributed by atoms with Crippen LogP contribution in [-0.2, 0) is 15.7 Å². The molecule has 0 saturated carbocycles. The predicted molar refractivity (Wildman–Crippen MR) is 105 cm³/mol. The Labute approximate surface area is 156 Å². The molecule has 0 unspecified atom stereocenters. The van der Waals surface area contributed by atoms with Crippen molar-refractivity contribution >= 4 is 35.4 Å². The van der Waals surface area contributed by atoms with Crippen LogP contribution in [0.4, 0.5) is 4.39 Å². The summed E-state index contributed by atoms with van der Waals surface area (Å²) < 4.78 is 27.4. The van der Waals surface area contributed by atoms with Crippen molar-refractivity contribution < 1.29 is 13.7 Å². The first-order valence-corrected chi connectivity index (χ1v) is 10.0. The maximum Gasteiger partial charge on any atom is 0.525 e. The third kappa shape index (κ3) is 3.62. The van der Waals surface area contributed by atoms with Crippen LogP contribution in [-0.4, -0.2) is 24.9 Å². The Hall–Kier alpha value is -0.985. The molecule has 1 aliphatic heterocycles. The summed E-state index contributed by atoms with van der Waals surface area (Å²) >= 11 is 3.08. The molecule has 1 fully saturated rings. The van der Waals surface area contributed by atoms with E-state index in [2.05, 4.69) is 0 Å². The van der Waals surface area contributed by atoms with Gasteiger partial charge >= 0.3 is 7.12 Å². The molecule has 0 radical (unpaired) electrons. The van der Waals surface area contributed by atoms with Gasteiger partial charge in [0, 0.05) is 20.2 Å². The van der Waals surface area contributed by atoms with Gasteiger partial charge in [0.2, 0.25) is 0 Å². The lowest BCUT2D eigenvalue weighted by Crippen LogP contribution is -2.41. The zero-order chi connectivity index (χ0) is 18.2. The van der Waals surface area contributed by atoms with E-state index in [1.54, 1.807) is 11.3 Å². The Balaban J connectivity index is 2.03. The topological polar surface area (TPSA) is 44.5 Å². The number of hydrogen-bond donors (Lipinski definition) is 1. The van der Waals surface area contributed by atoms with E-state index in [0.717, 1.165) is 21.1 Å². The van der Waals surface area contributed by atoms with E-state index in [9.17, 15) is 0 Å². The molecule has 3 rings (SSSR count). The van der Waals surface area contributed by atoms with Crippen LogP contribution in [0.15, 0.2) is 35.4 Å². The molecule has 25 heavy (non-hydrogen) atoms. The van der Waals surface area contributed by atoms with Gasteiger partial charge < -0.3 is 15.0 Å². The van der Waals surface area contributed by atoms with Crippen LogP contribution in [0.3, 0.4) is 0 Å². The minimum atomic E-state index is -0.998. The van der Waals surface area contributed by atoms with Crippen molar-refractivity contribution in [1.29, 1.82) is 0 Å².